The zero-order chi connectivity index (χ0) is 14.8. The second kappa shape index (κ2) is 5.79. The number of hydrogen-bond acceptors (Lipinski definition) is 3. The van der Waals surface area contributed by atoms with Crippen molar-refractivity contribution in [1.29, 1.82) is 0 Å². The molecule has 3 N–H and O–H groups in total. The average Bonchev–Trinajstić information content (AvgIpc) is 2.48. The summed E-state index contributed by atoms with van der Waals surface area (Å²) in [6.45, 7) is 0. The molecule has 0 aliphatic carbocycles. The molecule has 0 saturated carbocycles. The Morgan fingerprint density at radius 2 is 1.86 bits per heavy atom. The molecular formula is C16H12BrN3S. The van der Waals surface area contributed by atoms with Crippen LogP contribution in [-0.2, 0) is 0 Å². The second-order valence-corrected chi connectivity index (χ2v) is 5.95. The maximum absolute atomic E-state index is 5.72. The van der Waals surface area contributed by atoms with Crippen molar-refractivity contribution in [3.8, 4) is 0 Å². The van der Waals surface area contributed by atoms with Gasteiger partial charge in [0.1, 0.15) is 10.8 Å². The van der Waals surface area contributed by atoms with Crippen LogP contribution in [0.25, 0.3) is 10.8 Å². The first kappa shape index (κ1) is 14.0. The molecule has 5 heteroatoms. The Labute approximate surface area is 136 Å². The molecular weight excluding hydrogens is 346 g/mol. The molecule has 0 spiro atoms. The topological polar surface area (TPSA) is 50.9 Å². The van der Waals surface area contributed by atoms with Gasteiger partial charge in [-0.05, 0) is 47.2 Å². The van der Waals surface area contributed by atoms with E-state index in [0.717, 1.165) is 21.1 Å². The minimum Gasteiger partial charge on any atom is -0.389 e. The number of nitrogens with two attached hydrogens (primary N) is 1. The van der Waals surface area contributed by atoms with Gasteiger partial charge in [0.05, 0.1) is 5.56 Å². The molecule has 3 nitrogen and oxygen atoms in total. The molecule has 0 aliphatic rings. The van der Waals surface area contributed by atoms with Crippen molar-refractivity contribution in [2.75, 3.05) is 5.32 Å². The summed E-state index contributed by atoms with van der Waals surface area (Å²) in [5, 5.41) is 5.59. The average molecular weight is 358 g/mol. The van der Waals surface area contributed by atoms with Crippen molar-refractivity contribution in [3.05, 3.63) is 64.8 Å². The minimum absolute atomic E-state index is 0.329. The first-order valence-electron chi connectivity index (χ1n) is 6.34. The fraction of sp³-hybridized carbons (Fsp3) is 0. The summed E-state index contributed by atoms with van der Waals surface area (Å²) >= 11 is 8.53. The zero-order valence-electron chi connectivity index (χ0n) is 11.0. The summed E-state index contributed by atoms with van der Waals surface area (Å²) in [4.78, 5) is 4.63. The number of nitrogens with zero attached hydrogens (tertiary/aromatic N) is 1. The molecule has 0 fully saturated rings. The van der Waals surface area contributed by atoms with Crippen molar-refractivity contribution < 1.29 is 0 Å². The normalized spacial score (nSPS) is 10.5. The van der Waals surface area contributed by atoms with Gasteiger partial charge in [-0.3, -0.25) is 0 Å². The van der Waals surface area contributed by atoms with Gasteiger partial charge in [-0.2, -0.15) is 0 Å². The lowest BCUT2D eigenvalue weighted by atomic mass is 10.1. The molecule has 1 heterocycles. The van der Waals surface area contributed by atoms with Gasteiger partial charge >= 0.3 is 0 Å². The van der Waals surface area contributed by atoms with Crippen LogP contribution in [0, 0.1) is 0 Å². The maximum atomic E-state index is 5.72. The van der Waals surface area contributed by atoms with Gasteiger partial charge in [0.2, 0.25) is 0 Å². The highest BCUT2D eigenvalue weighted by Crippen LogP contribution is 2.25. The van der Waals surface area contributed by atoms with Crippen LogP contribution in [0.1, 0.15) is 5.56 Å². The van der Waals surface area contributed by atoms with E-state index < -0.39 is 0 Å². The number of hydrogen-bond donors (Lipinski definition) is 2. The van der Waals surface area contributed by atoms with Crippen molar-refractivity contribution >= 4 is 55.4 Å². The Kier molecular flexibility index (Phi) is 3.86. The van der Waals surface area contributed by atoms with Crippen LogP contribution in [0.2, 0.25) is 0 Å². The highest BCUT2D eigenvalue weighted by Gasteiger charge is 2.06. The van der Waals surface area contributed by atoms with E-state index in [0.29, 0.717) is 10.8 Å². The Hall–Kier alpha value is -1.98. The monoisotopic (exact) mass is 357 g/mol. The molecule has 0 atom stereocenters. The first-order valence-corrected chi connectivity index (χ1v) is 7.55. The van der Waals surface area contributed by atoms with E-state index in [9.17, 15) is 0 Å². The molecule has 1 aromatic heterocycles. The number of benzene rings is 2. The number of halogens is 1. The van der Waals surface area contributed by atoms with Gasteiger partial charge < -0.3 is 11.1 Å². The van der Waals surface area contributed by atoms with E-state index >= 15 is 0 Å². The molecule has 21 heavy (non-hydrogen) atoms. The Morgan fingerprint density at radius 3 is 2.67 bits per heavy atom. The standard InChI is InChI=1S/C16H12BrN3S/c17-12-5-3-11-9-13(6-4-10(11)8-12)20-16-14(15(18)21)2-1-7-19-16/h1-9H,(H2,18,21)(H,19,20). The smallest absolute Gasteiger partial charge is 0.140 e. The fourth-order valence-electron chi connectivity index (χ4n) is 2.13. The van der Waals surface area contributed by atoms with E-state index in [1.54, 1.807) is 6.20 Å². The van der Waals surface area contributed by atoms with Crippen LogP contribution >= 0.6 is 28.1 Å². The van der Waals surface area contributed by atoms with Crippen molar-refractivity contribution in [2.45, 2.75) is 0 Å². The molecule has 0 radical (unpaired) electrons. The lowest BCUT2D eigenvalue weighted by Crippen LogP contribution is -2.12. The summed E-state index contributed by atoms with van der Waals surface area (Å²) in [6.07, 6.45) is 1.71. The summed E-state index contributed by atoms with van der Waals surface area (Å²) in [5.41, 5.74) is 7.41. The molecule has 0 bridgehead atoms. The number of thiocarbonyl (C=S) groups is 1. The highest BCUT2D eigenvalue weighted by atomic mass is 79.9. The number of aromatic nitrogens is 1. The van der Waals surface area contributed by atoms with Crippen molar-refractivity contribution in [1.82, 2.24) is 4.98 Å². The van der Waals surface area contributed by atoms with Gasteiger partial charge in [0, 0.05) is 16.4 Å². The number of fused-ring (bicyclic) bond motifs is 1. The predicted molar refractivity (Wildman–Crippen MR) is 95.1 cm³/mol. The summed E-state index contributed by atoms with van der Waals surface area (Å²) in [6, 6.07) is 16.0. The van der Waals surface area contributed by atoms with Crippen LogP contribution in [0.4, 0.5) is 11.5 Å². The third-order valence-corrected chi connectivity index (χ3v) is 3.85. The van der Waals surface area contributed by atoms with E-state index in [-0.39, 0.29) is 0 Å². The van der Waals surface area contributed by atoms with Crippen LogP contribution in [0.3, 0.4) is 0 Å². The third kappa shape index (κ3) is 3.04. The summed E-state index contributed by atoms with van der Waals surface area (Å²) in [7, 11) is 0. The zero-order valence-corrected chi connectivity index (χ0v) is 13.4. The van der Waals surface area contributed by atoms with Crippen molar-refractivity contribution in [2.24, 2.45) is 5.73 Å². The number of pyridine rings is 1. The minimum atomic E-state index is 0.329. The Balaban J connectivity index is 1.99. The summed E-state index contributed by atoms with van der Waals surface area (Å²) in [5.74, 6) is 0.668. The van der Waals surface area contributed by atoms with E-state index in [1.165, 1.54) is 5.39 Å². The maximum Gasteiger partial charge on any atom is 0.140 e. The van der Waals surface area contributed by atoms with Gasteiger partial charge in [0.25, 0.3) is 0 Å². The quantitative estimate of drug-likeness (QED) is 0.683. The molecule has 3 aromatic rings. The molecule has 0 unspecified atom stereocenters. The van der Waals surface area contributed by atoms with Crippen LogP contribution in [-0.4, -0.2) is 9.97 Å². The van der Waals surface area contributed by atoms with Crippen LogP contribution in [0.5, 0.6) is 0 Å². The Bertz CT molecular complexity index is 833. The fourth-order valence-corrected chi connectivity index (χ4v) is 2.68. The first-order chi connectivity index (χ1) is 10.1. The Morgan fingerprint density at radius 1 is 1.10 bits per heavy atom. The molecule has 0 saturated heterocycles. The van der Waals surface area contributed by atoms with Gasteiger partial charge in [0.15, 0.2) is 0 Å². The summed E-state index contributed by atoms with van der Waals surface area (Å²) < 4.78 is 1.07. The third-order valence-electron chi connectivity index (χ3n) is 3.14. The van der Waals surface area contributed by atoms with Crippen molar-refractivity contribution in [3.63, 3.8) is 0 Å². The number of anilines is 2. The van der Waals surface area contributed by atoms with Gasteiger partial charge in [-0.25, -0.2) is 4.98 Å². The lowest BCUT2D eigenvalue weighted by molar-refractivity contribution is 1.30. The molecule has 0 amide bonds. The van der Waals surface area contributed by atoms with E-state index in [1.807, 2.05) is 24.3 Å². The molecule has 0 aliphatic heterocycles. The van der Waals surface area contributed by atoms with E-state index in [4.69, 9.17) is 18.0 Å². The molecule has 104 valence electrons. The van der Waals surface area contributed by atoms with Gasteiger partial charge in [-0.1, -0.05) is 40.3 Å². The van der Waals surface area contributed by atoms with Gasteiger partial charge in [-0.15, -0.1) is 0 Å². The van der Waals surface area contributed by atoms with Crippen LogP contribution in [0.15, 0.2) is 59.2 Å². The molecule has 3 rings (SSSR count). The largest absolute Gasteiger partial charge is 0.389 e. The lowest BCUT2D eigenvalue weighted by Gasteiger charge is -2.10. The number of rotatable bonds is 3. The number of nitrogens with one attached hydrogen (secondary N) is 1. The predicted octanol–water partition coefficient (Wildman–Crippen LogP) is 4.38. The SMILES string of the molecule is NC(=S)c1cccnc1Nc1ccc2cc(Br)ccc2c1. The highest BCUT2D eigenvalue weighted by molar-refractivity contribution is 9.10. The second-order valence-electron chi connectivity index (χ2n) is 4.60. The van der Waals surface area contributed by atoms with E-state index in [2.05, 4.69) is 50.5 Å². The molecule has 2 aromatic carbocycles. The van der Waals surface area contributed by atoms with Crippen LogP contribution < -0.4 is 11.1 Å².